The third-order valence-corrected chi connectivity index (χ3v) is 4.56. The molecule has 0 aliphatic carbocycles. The number of rotatable bonds is 8. The van der Waals surface area contributed by atoms with Crippen molar-refractivity contribution in [2.24, 2.45) is 0 Å². The zero-order valence-corrected chi connectivity index (χ0v) is 15.9. The molecule has 1 aromatic heterocycles. The molecule has 4 heteroatoms. The average molecular weight is 383 g/mol. The van der Waals surface area contributed by atoms with Gasteiger partial charge in [-0.2, -0.15) is 0 Å². The molecule has 29 heavy (non-hydrogen) atoms. The van der Waals surface area contributed by atoms with Gasteiger partial charge in [-0.05, 0) is 41.5 Å². The number of carbonyl (C=O) groups excluding carboxylic acids is 1. The van der Waals surface area contributed by atoms with Crippen LogP contribution in [0, 0.1) is 0 Å². The summed E-state index contributed by atoms with van der Waals surface area (Å²) in [5.74, 6) is 1.33. The zero-order valence-electron chi connectivity index (χ0n) is 15.9. The van der Waals surface area contributed by atoms with Gasteiger partial charge in [0.05, 0.1) is 5.69 Å². The Morgan fingerprint density at radius 3 is 1.90 bits per heavy atom. The number of hydrogen-bond donors (Lipinski definition) is 1. The predicted molar refractivity (Wildman–Crippen MR) is 113 cm³/mol. The highest BCUT2D eigenvalue weighted by Gasteiger charge is 2.10. The Morgan fingerprint density at radius 2 is 1.31 bits per heavy atom. The maximum atomic E-state index is 11.0. The van der Waals surface area contributed by atoms with Crippen molar-refractivity contribution in [2.75, 3.05) is 0 Å². The normalized spacial score (nSPS) is 10.5. The van der Waals surface area contributed by atoms with Crippen molar-refractivity contribution in [3.63, 3.8) is 0 Å². The molecule has 0 atom stereocenters. The van der Waals surface area contributed by atoms with Gasteiger partial charge in [0.15, 0.2) is 17.8 Å². The molecule has 144 valence electrons. The van der Waals surface area contributed by atoms with E-state index in [1.807, 2.05) is 84.9 Å². The van der Waals surface area contributed by atoms with E-state index in [0.29, 0.717) is 30.4 Å². The first kappa shape index (κ1) is 18.6. The molecule has 1 N–H and O–H groups in total. The lowest BCUT2D eigenvalue weighted by Crippen LogP contribution is -2.01. The lowest BCUT2D eigenvalue weighted by Gasteiger charge is -2.14. The van der Waals surface area contributed by atoms with Crippen LogP contribution in [-0.4, -0.2) is 11.3 Å². The number of hydrogen-bond acceptors (Lipinski definition) is 3. The summed E-state index contributed by atoms with van der Waals surface area (Å²) in [4.78, 5) is 14.1. The predicted octanol–water partition coefficient (Wildman–Crippen LogP) is 5.65. The molecule has 4 aromatic rings. The maximum Gasteiger partial charge on any atom is 0.166 e. The van der Waals surface area contributed by atoms with Crippen LogP contribution in [0.15, 0.2) is 91.0 Å². The first-order valence-electron chi connectivity index (χ1n) is 9.44. The van der Waals surface area contributed by atoms with Gasteiger partial charge in [-0.15, -0.1) is 0 Å². The van der Waals surface area contributed by atoms with Gasteiger partial charge in [0.1, 0.15) is 13.2 Å². The van der Waals surface area contributed by atoms with Crippen LogP contribution in [0.1, 0.15) is 21.6 Å². The molecule has 0 saturated heterocycles. The lowest BCUT2D eigenvalue weighted by atomic mass is 10.1. The summed E-state index contributed by atoms with van der Waals surface area (Å²) in [5.41, 5.74) is 4.48. The van der Waals surface area contributed by atoms with Crippen LogP contribution in [0.2, 0.25) is 0 Å². The minimum absolute atomic E-state index is 0.441. The van der Waals surface area contributed by atoms with Crippen LogP contribution in [0.25, 0.3) is 11.3 Å². The SMILES string of the molecule is O=Cc1ccc(-c2ccc(OCc3ccccc3)c(OCc3ccccc3)c2)[nH]1. The third-order valence-electron chi connectivity index (χ3n) is 4.56. The van der Waals surface area contributed by atoms with E-state index in [4.69, 9.17) is 9.47 Å². The second kappa shape index (κ2) is 8.93. The van der Waals surface area contributed by atoms with Crippen LogP contribution < -0.4 is 9.47 Å². The lowest BCUT2D eigenvalue weighted by molar-refractivity contribution is 0.111. The van der Waals surface area contributed by atoms with Crippen molar-refractivity contribution in [1.29, 1.82) is 0 Å². The standard InChI is InChI=1S/C25H21NO3/c27-16-22-12-13-23(26-22)21-11-14-24(28-17-19-7-3-1-4-8-19)25(15-21)29-18-20-9-5-2-6-10-20/h1-16,26H,17-18H2. The monoisotopic (exact) mass is 383 g/mol. The Bertz CT molecular complexity index is 1070. The molecular formula is C25H21NO3. The molecule has 0 fully saturated rings. The van der Waals surface area contributed by atoms with E-state index in [2.05, 4.69) is 4.98 Å². The fourth-order valence-corrected chi connectivity index (χ4v) is 3.03. The number of benzene rings is 3. The molecule has 0 amide bonds. The van der Waals surface area contributed by atoms with Crippen molar-refractivity contribution < 1.29 is 14.3 Å². The molecule has 3 aromatic carbocycles. The van der Waals surface area contributed by atoms with E-state index in [1.165, 1.54) is 0 Å². The van der Waals surface area contributed by atoms with Gasteiger partial charge in [0, 0.05) is 11.3 Å². The summed E-state index contributed by atoms with van der Waals surface area (Å²) < 4.78 is 12.1. The summed E-state index contributed by atoms with van der Waals surface area (Å²) in [6.45, 7) is 0.899. The van der Waals surface area contributed by atoms with Crippen molar-refractivity contribution in [1.82, 2.24) is 4.98 Å². The molecular weight excluding hydrogens is 362 g/mol. The molecule has 1 heterocycles. The number of aldehydes is 1. The molecule has 0 aliphatic rings. The van der Waals surface area contributed by atoms with Crippen molar-refractivity contribution in [2.45, 2.75) is 13.2 Å². The molecule has 0 aliphatic heterocycles. The molecule has 0 unspecified atom stereocenters. The average Bonchev–Trinajstić information content (AvgIpc) is 3.27. The first-order chi connectivity index (χ1) is 14.3. The Hall–Kier alpha value is -3.79. The minimum Gasteiger partial charge on any atom is -0.485 e. The smallest absolute Gasteiger partial charge is 0.166 e. The van der Waals surface area contributed by atoms with Crippen molar-refractivity contribution in [3.05, 3.63) is 108 Å². The van der Waals surface area contributed by atoms with E-state index in [0.717, 1.165) is 28.7 Å². The number of ether oxygens (including phenoxy) is 2. The van der Waals surface area contributed by atoms with E-state index < -0.39 is 0 Å². The molecule has 0 bridgehead atoms. The zero-order chi connectivity index (χ0) is 19.9. The highest BCUT2D eigenvalue weighted by Crippen LogP contribution is 2.33. The third kappa shape index (κ3) is 4.74. The minimum atomic E-state index is 0.441. The number of nitrogens with one attached hydrogen (secondary N) is 1. The van der Waals surface area contributed by atoms with Gasteiger partial charge < -0.3 is 14.5 Å². The Labute approximate surface area is 169 Å². The van der Waals surface area contributed by atoms with Gasteiger partial charge in [0.2, 0.25) is 0 Å². The van der Waals surface area contributed by atoms with Gasteiger partial charge >= 0.3 is 0 Å². The van der Waals surface area contributed by atoms with Gasteiger partial charge in [-0.1, -0.05) is 60.7 Å². The summed E-state index contributed by atoms with van der Waals surface area (Å²) in [5, 5.41) is 0. The van der Waals surface area contributed by atoms with E-state index in [-0.39, 0.29) is 0 Å². The van der Waals surface area contributed by atoms with E-state index in [9.17, 15) is 4.79 Å². The Kier molecular flexibility index (Phi) is 5.72. The Balaban J connectivity index is 1.58. The number of aromatic nitrogens is 1. The van der Waals surface area contributed by atoms with Crippen LogP contribution >= 0.6 is 0 Å². The second-order valence-corrected chi connectivity index (χ2v) is 6.66. The summed E-state index contributed by atoms with van der Waals surface area (Å²) in [7, 11) is 0. The molecule has 0 spiro atoms. The highest BCUT2D eigenvalue weighted by atomic mass is 16.5. The van der Waals surface area contributed by atoms with Gasteiger partial charge in [-0.3, -0.25) is 4.79 Å². The van der Waals surface area contributed by atoms with E-state index >= 15 is 0 Å². The number of carbonyl (C=O) groups is 1. The fourth-order valence-electron chi connectivity index (χ4n) is 3.03. The van der Waals surface area contributed by atoms with Crippen LogP contribution in [-0.2, 0) is 13.2 Å². The van der Waals surface area contributed by atoms with Gasteiger partial charge in [0.25, 0.3) is 0 Å². The highest BCUT2D eigenvalue weighted by molar-refractivity contribution is 5.75. The van der Waals surface area contributed by atoms with Crippen LogP contribution in [0.5, 0.6) is 11.5 Å². The molecule has 4 rings (SSSR count). The first-order valence-corrected chi connectivity index (χ1v) is 9.44. The fraction of sp³-hybridized carbons (Fsp3) is 0.0800. The maximum absolute atomic E-state index is 11.0. The summed E-state index contributed by atoms with van der Waals surface area (Å²) >= 11 is 0. The summed E-state index contributed by atoms with van der Waals surface area (Å²) in [6, 6.07) is 29.4. The topological polar surface area (TPSA) is 51.3 Å². The summed E-state index contributed by atoms with van der Waals surface area (Å²) in [6.07, 6.45) is 0.799. The van der Waals surface area contributed by atoms with Crippen LogP contribution in [0.3, 0.4) is 0 Å². The van der Waals surface area contributed by atoms with Crippen molar-refractivity contribution >= 4 is 6.29 Å². The van der Waals surface area contributed by atoms with Gasteiger partial charge in [-0.25, -0.2) is 0 Å². The molecule has 0 radical (unpaired) electrons. The molecule has 0 saturated carbocycles. The number of aromatic amines is 1. The second-order valence-electron chi connectivity index (χ2n) is 6.66. The van der Waals surface area contributed by atoms with E-state index in [1.54, 1.807) is 6.07 Å². The molecule has 4 nitrogen and oxygen atoms in total. The number of H-pyrrole nitrogens is 1. The van der Waals surface area contributed by atoms with Crippen LogP contribution in [0.4, 0.5) is 0 Å². The quantitative estimate of drug-likeness (QED) is 0.400. The van der Waals surface area contributed by atoms with Crippen molar-refractivity contribution in [3.8, 4) is 22.8 Å². The Morgan fingerprint density at radius 1 is 0.690 bits per heavy atom. The largest absolute Gasteiger partial charge is 0.485 e.